The van der Waals surface area contributed by atoms with Crippen molar-refractivity contribution in [3.05, 3.63) is 49.8 Å². The van der Waals surface area contributed by atoms with Crippen LogP contribution in [0.2, 0.25) is 0 Å². The van der Waals surface area contributed by atoms with Gasteiger partial charge in [-0.15, -0.1) is 11.3 Å². The SMILES string of the molecule is Cc1cc(C)c(CNC(=O)CCc2nccs2)c(=O)[nH]1. The molecule has 0 atom stereocenters. The van der Waals surface area contributed by atoms with Crippen LogP contribution in [-0.2, 0) is 17.8 Å². The number of pyridine rings is 1. The van der Waals surface area contributed by atoms with Crippen LogP contribution < -0.4 is 10.9 Å². The Morgan fingerprint density at radius 1 is 1.45 bits per heavy atom. The zero-order valence-electron chi connectivity index (χ0n) is 11.5. The van der Waals surface area contributed by atoms with Gasteiger partial charge < -0.3 is 10.3 Å². The number of rotatable bonds is 5. The lowest BCUT2D eigenvalue weighted by molar-refractivity contribution is -0.121. The van der Waals surface area contributed by atoms with Crippen molar-refractivity contribution in [2.45, 2.75) is 33.2 Å². The Balaban J connectivity index is 1.89. The Hall–Kier alpha value is -1.95. The van der Waals surface area contributed by atoms with E-state index in [1.807, 2.05) is 25.3 Å². The molecule has 0 unspecified atom stereocenters. The molecule has 0 radical (unpaired) electrons. The van der Waals surface area contributed by atoms with Crippen LogP contribution in [0.5, 0.6) is 0 Å². The molecule has 20 heavy (non-hydrogen) atoms. The third-order valence-corrected chi connectivity index (χ3v) is 3.84. The molecule has 2 rings (SSSR count). The van der Waals surface area contributed by atoms with E-state index in [9.17, 15) is 9.59 Å². The highest BCUT2D eigenvalue weighted by Gasteiger charge is 2.08. The third-order valence-electron chi connectivity index (χ3n) is 3.01. The van der Waals surface area contributed by atoms with Gasteiger partial charge in [0.1, 0.15) is 0 Å². The van der Waals surface area contributed by atoms with E-state index in [2.05, 4.69) is 15.3 Å². The van der Waals surface area contributed by atoms with Gasteiger partial charge in [-0.25, -0.2) is 4.98 Å². The van der Waals surface area contributed by atoms with Gasteiger partial charge in [-0.3, -0.25) is 9.59 Å². The Morgan fingerprint density at radius 3 is 2.90 bits per heavy atom. The highest BCUT2D eigenvalue weighted by atomic mass is 32.1. The van der Waals surface area contributed by atoms with Crippen LogP contribution in [0.3, 0.4) is 0 Å². The number of nitrogens with zero attached hydrogens (tertiary/aromatic N) is 1. The predicted molar refractivity (Wildman–Crippen MR) is 78.8 cm³/mol. The predicted octanol–water partition coefficient (Wildman–Crippen LogP) is 1.70. The molecule has 0 saturated carbocycles. The normalized spacial score (nSPS) is 10.5. The number of amides is 1. The fourth-order valence-electron chi connectivity index (χ4n) is 1.97. The molecular formula is C14H17N3O2S. The van der Waals surface area contributed by atoms with Crippen molar-refractivity contribution in [1.82, 2.24) is 15.3 Å². The molecule has 5 nitrogen and oxygen atoms in total. The van der Waals surface area contributed by atoms with Gasteiger partial charge >= 0.3 is 0 Å². The van der Waals surface area contributed by atoms with Crippen molar-refractivity contribution in [2.24, 2.45) is 0 Å². The number of carbonyl (C=O) groups is 1. The molecule has 0 fully saturated rings. The third kappa shape index (κ3) is 3.77. The maximum Gasteiger partial charge on any atom is 0.253 e. The van der Waals surface area contributed by atoms with Crippen molar-refractivity contribution in [3.8, 4) is 0 Å². The summed E-state index contributed by atoms with van der Waals surface area (Å²) in [6.07, 6.45) is 2.75. The number of hydrogen-bond acceptors (Lipinski definition) is 4. The van der Waals surface area contributed by atoms with Gasteiger partial charge in [0.2, 0.25) is 5.91 Å². The van der Waals surface area contributed by atoms with Gasteiger partial charge in [-0.1, -0.05) is 0 Å². The van der Waals surface area contributed by atoms with E-state index in [4.69, 9.17) is 0 Å². The van der Waals surface area contributed by atoms with Crippen LogP contribution in [0.4, 0.5) is 0 Å². The number of carbonyl (C=O) groups excluding carboxylic acids is 1. The van der Waals surface area contributed by atoms with Crippen LogP contribution in [-0.4, -0.2) is 15.9 Å². The van der Waals surface area contributed by atoms with Crippen LogP contribution in [0.25, 0.3) is 0 Å². The van der Waals surface area contributed by atoms with E-state index in [1.54, 1.807) is 6.20 Å². The number of aromatic nitrogens is 2. The van der Waals surface area contributed by atoms with Crippen molar-refractivity contribution in [1.29, 1.82) is 0 Å². The Labute approximate surface area is 121 Å². The van der Waals surface area contributed by atoms with E-state index < -0.39 is 0 Å². The lowest BCUT2D eigenvalue weighted by atomic mass is 10.1. The average Bonchev–Trinajstić information content (AvgIpc) is 2.88. The van der Waals surface area contributed by atoms with Gasteiger partial charge in [0.05, 0.1) is 5.01 Å². The minimum atomic E-state index is -0.136. The molecular weight excluding hydrogens is 274 g/mol. The van der Waals surface area contributed by atoms with Gasteiger partial charge in [-0.05, 0) is 25.5 Å². The second-order valence-electron chi connectivity index (χ2n) is 4.65. The molecule has 2 heterocycles. The quantitative estimate of drug-likeness (QED) is 0.880. The Kier molecular flexibility index (Phi) is 4.68. The van der Waals surface area contributed by atoms with Crippen LogP contribution >= 0.6 is 11.3 Å². The summed E-state index contributed by atoms with van der Waals surface area (Å²) in [5.41, 5.74) is 2.19. The van der Waals surface area contributed by atoms with Crippen molar-refractivity contribution in [2.75, 3.05) is 0 Å². The Bertz CT molecular complexity index is 647. The minimum absolute atomic E-state index is 0.0698. The van der Waals surface area contributed by atoms with E-state index in [0.717, 1.165) is 16.3 Å². The standard InChI is InChI=1S/C14H17N3O2S/c1-9-7-10(2)17-14(19)11(9)8-16-12(18)3-4-13-15-5-6-20-13/h5-7H,3-4,8H2,1-2H3,(H,16,18)(H,17,19). The van der Waals surface area contributed by atoms with E-state index in [-0.39, 0.29) is 18.0 Å². The van der Waals surface area contributed by atoms with Crippen molar-refractivity contribution in [3.63, 3.8) is 0 Å². The van der Waals surface area contributed by atoms with E-state index in [1.165, 1.54) is 11.3 Å². The number of aromatic amines is 1. The fourth-order valence-corrected chi connectivity index (χ4v) is 2.59. The van der Waals surface area contributed by atoms with Crippen LogP contribution in [0, 0.1) is 13.8 Å². The maximum atomic E-state index is 11.8. The first-order valence-electron chi connectivity index (χ1n) is 6.40. The molecule has 0 bridgehead atoms. The number of hydrogen-bond donors (Lipinski definition) is 2. The minimum Gasteiger partial charge on any atom is -0.352 e. The first-order valence-corrected chi connectivity index (χ1v) is 7.28. The largest absolute Gasteiger partial charge is 0.352 e. The summed E-state index contributed by atoms with van der Waals surface area (Å²) < 4.78 is 0. The zero-order valence-corrected chi connectivity index (χ0v) is 12.3. The lowest BCUT2D eigenvalue weighted by Crippen LogP contribution is -2.28. The number of aryl methyl sites for hydroxylation is 3. The maximum absolute atomic E-state index is 11.8. The molecule has 0 aromatic carbocycles. The first kappa shape index (κ1) is 14.5. The van der Waals surface area contributed by atoms with Gasteiger partial charge in [-0.2, -0.15) is 0 Å². The molecule has 0 aliphatic rings. The number of H-pyrrole nitrogens is 1. The number of thiazole rings is 1. The molecule has 106 valence electrons. The molecule has 0 spiro atoms. The molecule has 2 N–H and O–H groups in total. The van der Waals surface area contributed by atoms with Crippen LogP contribution in [0.15, 0.2) is 22.4 Å². The summed E-state index contributed by atoms with van der Waals surface area (Å²) in [5.74, 6) is -0.0698. The molecule has 2 aromatic heterocycles. The topological polar surface area (TPSA) is 74.8 Å². The summed E-state index contributed by atoms with van der Waals surface area (Å²) in [4.78, 5) is 30.4. The second-order valence-corrected chi connectivity index (χ2v) is 5.62. The molecule has 0 aliphatic carbocycles. The first-order chi connectivity index (χ1) is 9.56. The highest BCUT2D eigenvalue weighted by molar-refractivity contribution is 7.09. The molecule has 0 aliphatic heterocycles. The lowest BCUT2D eigenvalue weighted by Gasteiger charge is -2.07. The summed E-state index contributed by atoms with van der Waals surface area (Å²) in [6.45, 7) is 3.97. The summed E-state index contributed by atoms with van der Waals surface area (Å²) >= 11 is 1.54. The van der Waals surface area contributed by atoms with E-state index >= 15 is 0 Å². The summed E-state index contributed by atoms with van der Waals surface area (Å²) in [6, 6.07) is 1.90. The second kappa shape index (κ2) is 6.47. The molecule has 1 amide bonds. The average molecular weight is 291 g/mol. The molecule has 6 heteroatoms. The van der Waals surface area contributed by atoms with Crippen LogP contribution in [0.1, 0.15) is 28.2 Å². The van der Waals surface area contributed by atoms with Crippen molar-refractivity contribution < 1.29 is 4.79 Å². The Morgan fingerprint density at radius 2 is 2.25 bits per heavy atom. The zero-order chi connectivity index (χ0) is 14.5. The summed E-state index contributed by atoms with van der Waals surface area (Å²) in [7, 11) is 0. The van der Waals surface area contributed by atoms with E-state index in [0.29, 0.717) is 18.4 Å². The molecule has 0 saturated heterocycles. The van der Waals surface area contributed by atoms with Gasteiger partial charge in [0, 0.05) is 42.2 Å². The fraction of sp³-hybridized carbons (Fsp3) is 0.357. The monoisotopic (exact) mass is 291 g/mol. The van der Waals surface area contributed by atoms with Gasteiger partial charge in [0.25, 0.3) is 5.56 Å². The van der Waals surface area contributed by atoms with Gasteiger partial charge in [0.15, 0.2) is 0 Å². The highest BCUT2D eigenvalue weighted by Crippen LogP contribution is 2.07. The summed E-state index contributed by atoms with van der Waals surface area (Å²) in [5, 5.41) is 5.62. The smallest absolute Gasteiger partial charge is 0.253 e. The molecule has 2 aromatic rings. The number of nitrogens with one attached hydrogen (secondary N) is 2. The van der Waals surface area contributed by atoms with Crippen molar-refractivity contribution >= 4 is 17.2 Å².